The van der Waals surface area contributed by atoms with E-state index < -0.39 is 0 Å². The molecule has 0 radical (unpaired) electrons. The molecule has 3 heteroatoms. The van der Waals surface area contributed by atoms with E-state index in [9.17, 15) is 0 Å². The van der Waals surface area contributed by atoms with Crippen LogP contribution in [0.4, 0.5) is 11.4 Å². The van der Waals surface area contributed by atoms with Crippen molar-refractivity contribution in [2.45, 2.75) is 51.5 Å². The minimum atomic E-state index is 0.597. The largest absolute Gasteiger partial charge is 0.493 e. The molecule has 1 aliphatic rings. The van der Waals surface area contributed by atoms with E-state index in [1.165, 1.54) is 32.1 Å². The minimum Gasteiger partial charge on any atom is -0.493 e. The fourth-order valence-corrected chi connectivity index (χ4v) is 2.49. The van der Waals surface area contributed by atoms with Gasteiger partial charge in [-0.05, 0) is 25.3 Å². The van der Waals surface area contributed by atoms with Crippen LogP contribution in [-0.2, 0) is 0 Å². The smallest absolute Gasteiger partial charge is 0.123 e. The summed E-state index contributed by atoms with van der Waals surface area (Å²) < 4.78 is 5.65. The van der Waals surface area contributed by atoms with Crippen molar-refractivity contribution >= 4 is 11.4 Å². The molecule has 0 aliphatic heterocycles. The summed E-state index contributed by atoms with van der Waals surface area (Å²) in [6.45, 7) is 2.85. The predicted molar refractivity (Wildman–Crippen MR) is 77.1 cm³/mol. The summed E-state index contributed by atoms with van der Waals surface area (Å²) in [5.41, 5.74) is 7.77. The van der Waals surface area contributed by atoms with Crippen molar-refractivity contribution in [1.82, 2.24) is 0 Å². The highest BCUT2D eigenvalue weighted by Crippen LogP contribution is 2.26. The Hall–Kier alpha value is -1.38. The van der Waals surface area contributed by atoms with Crippen LogP contribution in [0.2, 0.25) is 0 Å². The zero-order valence-electron chi connectivity index (χ0n) is 11.2. The van der Waals surface area contributed by atoms with Crippen LogP contribution in [0, 0.1) is 0 Å². The van der Waals surface area contributed by atoms with Gasteiger partial charge in [0.1, 0.15) is 5.75 Å². The molecule has 0 heterocycles. The maximum atomic E-state index is 5.92. The summed E-state index contributed by atoms with van der Waals surface area (Å²) in [6, 6.07) is 6.54. The molecule has 0 saturated heterocycles. The van der Waals surface area contributed by atoms with Gasteiger partial charge in [0.25, 0.3) is 0 Å². The molecular weight excluding hydrogens is 224 g/mol. The Labute approximate surface area is 110 Å². The Kier molecular flexibility index (Phi) is 4.73. The molecule has 0 bridgehead atoms. The second-order valence-electron chi connectivity index (χ2n) is 5.12. The average molecular weight is 248 g/mol. The highest BCUT2D eigenvalue weighted by Gasteiger charge is 2.13. The molecule has 1 saturated carbocycles. The lowest BCUT2D eigenvalue weighted by Crippen LogP contribution is -2.22. The first-order chi connectivity index (χ1) is 8.78. The quantitative estimate of drug-likeness (QED) is 0.779. The molecular formula is C15H24N2O. The van der Waals surface area contributed by atoms with Gasteiger partial charge in [0, 0.05) is 29.5 Å². The number of nitrogens with two attached hydrogens (primary N) is 1. The van der Waals surface area contributed by atoms with Gasteiger partial charge >= 0.3 is 0 Å². The summed E-state index contributed by atoms with van der Waals surface area (Å²) in [6.07, 6.45) is 7.58. The molecule has 3 nitrogen and oxygen atoms in total. The first-order valence-electron chi connectivity index (χ1n) is 7.08. The fraction of sp³-hybridized carbons (Fsp3) is 0.600. The van der Waals surface area contributed by atoms with Crippen molar-refractivity contribution in [3.8, 4) is 5.75 Å². The first-order valence-corrected chi connectivity index (χ1v) is 7.08. The normalized spacial score (nSPS) is 16.5. The van der Waals surface area contributed by atoms with Crippen molar-refractivity contribution in [1.29, 1.82) is 0 Å². The van der Waals surface area contributed by atoms with E-state index in [0.717, 1.165) is 30.2 Å². The van der Waals surface area contributed by atoms with E-state index in [-0.39, 0.29) is 0 Å². The number of nitrogen functional groups attached to an aromatic ring is 1. The van der Waals surface area contributed by atoms with E-state index in [4.69, 9.17) is 10.5 Å². The fourth-order valence-electron chi connectivity index (χ4n) is 2.49. The third kappa shape index (κ3) is 3.83. The standard InChI is InChI=1S/C15H24N2O/c1-2-8-18-15-10-12(16)9-14(11-15)17-13-6-4-3-5-7-13/h9-11,13,17H,2-8,16H2,1H3. The Morgan fingerprint density at radius 3 is 2.72 bits per heavy atom. The molecule has 18 heavy (non-hydrogen) atoms. The van der Waals surface area contributed by atoms with Gasteiger partial charge in [0.05, 0.1) is 6.61 Å². The van der Waals surface area contributed by atoms with Crippen molar-refractivity contribution in [3.63, 3.8) is 0 Å². The Morgan fingerprint density at radius 1 is 1.22 bits per heavy atom. The van der Waals surface area contributed by atoms with Gasteiger partial charge in [0.15, 0.2) is 0 Å². The minimum absolute atomic E-state index is 0.597. The third-order valence-corrected chi connectivity index (χ3v) is 3.38. The number of hydrogen-bond acceptors (Lipinski definition) is 3. The lowest BCUT2D eigenvalue weighted by atomic mass is 9.95. The van der Waals surface area contributed by atoms with E-state index in [0.29, 0.717) is 6.04 Å². The molecule has 1 fully saturated rings. The lowest BCUT2D eigenvalue weighted by Gasteiger charge is -2.24. The zero-order chi connectivity index (χ0) is 12.8. The highest BCUT2D eigenvalue weighted by atomic mass is 16.5. The van der Waals surface area contributed by atoms with Crippen molar-refractivity contribution in [2.75, 3.05) is 17.7 Å². The van der Waals surface area contributed by atoms with Crippen LogP contribution in [0.5, 0.6) is 5.75 Å². The van der Waals surface area contributed by atoms with Crippen molar-refractivity contribution in [3.05, 3.63) is 18.2 Å². The second kappa shape index (κ2) is 6.53. The average Bonchev–Trinajstić information content (AvgIpc) is 2.37. The van der Waals surface area contributed by atoms with E-state index in [2.05, 4.69) is 18.3 Å². The number of nitrogens with one attached hydrogen (secondary N) is 1. The molecule has 1 aromatic carbocycles. The van der Waals surface area contributed by atoms with Gasteiger partial charge < -0.3 is 15.8 Å². The van der Waals surface area contributed by atoms with Crippen LogP contribution in [0.3, 0.4) is 0 Å². The summed E-state index contributed by atoms with van der Waals surface area (Å²) in [5.74, 6) is 0.871. The van der Waals surface area contributed by atoms with Gasteiger partial charge in [-0.2, -0.15) is 0 Å². The van der Waals surface area contributed by atoms with Gasteiger partial charge in [-0.15, -0.1) is 0 Å². The van der Waals surface area contributed by atoms with Crippen LogP contribution in [0.1, 0.15) is 45.4 Å². The van der Waals surface area contributed by atoms with E-state index in [1.807, 2.05) is 12.1 Å². The maximum absolute atomic E-state index is 5.92. The van der Waals surface area contributed by atoms with Crippen LogP contribution in [-0.4, -0.2) is 12.6 Å². The molecule has 0 spiro atoms. The summed E-state index contributed by atoms with van der Waals surface area (Å²) in [5, 5.41) is 3.58. The number of anilines is 2. The Balaban J connectivity index is 1.99. The number of ether oxygens (including phenoxy) is 1. The molecule has 0 aromatic heterocycles. The molecule has 3 N–H and O–H groups in total. The number of hydrogen-bond donors (Lipinski definition) is 2. The van der Waals surface area contributed by atoms with Crippen LogP contribution >= 0.6 is 0 Å². The molecule has 0 unspecified atom stereocenters. The monoisotopic (exact) mass is 248 g/mol. The molecule has 1 aromatic rings. The SMILES string of the molecule is CCCOc1cc(N)cc(NC2CCCCC2)c1. The second-order valence-corrected chi connectivity index (χ2v) is 5.12. The molecule has 1 aliphatic carbocycles. The van der Waals surface area contributed by atoms with Gasteiger partial charge in [-0.25, -0.2) is 0 Å². The van der Waals surface area contributed by atoms with Gasteiger partial charge in [-0.1, -0.05) is 26.2 Å². The molecule has 100 valence electrons. The Bertz CT molecular complexity index is 373. The topological polar surface area (TPSA) is 47.3 Å². The lowest BCUT2D eigenvalue weighted by molar-refractivity contribution is 0.317. The van der Waals surface area contributed by atoms with Crippen LogP contribution < -0.4 is 15.8 Å². The molecule has 0 amide bonds. The number of benzene rings is 1. The highest BCUT2D eigenvalue weighted by molar-refractivity contribution is 5.59. The third-order valence-electron chi connectivity index (χ3n) is 3.38. The summed E-state index contributed by atoms with van der Waals surface area (Å²) >= 11 is 0. The summed E-state index contributed by atoms with van der Waals surface area (Å²) in [4.78, 5) is 0. The maximum Gasteiger partial charge on any atom is 0.123 e. The molecule has 0 atom stereocenters. The van der Waals surface area contributed by atoms with E-state index >= 15 is 0 Å². The predicted octanol–water partition coefficient (Wildman–Crippen LogP) is 3.80. The van der Waals surface area contributed by atoms with E-state index in [1.54, 1.807) is 0 Å². The first kappa shape index (κ1) is 13.1. The van der Waals surface area contributed by atoms with Crippen LogP contribution in [0.25, 0.3) is 0 Å². The zero-order valence-corrected chi connectivity index (χ0v) is 11.2. The van der Waals surface area contributed by atoms with Gasteiger partial charge in [-0.3, -0.25) is 0 Å². The van der Waals surface area contributed by atoms with Crippen molar-refractivity contribution < 1.29 is 4.74 Å². The summed E-state index contributed by atoms with van der Waals surface area (Å²) in [7, 11) is 0. The van der Waals surface area contributed by atoms with Gasteiger partial charge in [0.2, 0.25) is 0 Å². The van der Waals surface area contributed by atoms with Crippen LogP contribution in [0.15, 0.2) is 18.2 Å². The molecule has 2 rings (SSSR count). The number of rotatable bonds is 5. The van der Waals surface area contributed by atoms with Crippen molar-refractivity contribution in [2.24, 2.45) is 0 Å². The Morgan fingerprint density at radius 2 is 2.00 bits per heavy atom.